The summed E-state index contributed by atoms with van der Waals surface area (Å²) >= 11 is 6.14. The van der Waals surface area contributed by atoms with Gasteiger partial charge in [0, 0.05) is 24.5 Å². The molecule has 4 aromatic rings. The highest BCUT2D eigenvalue weighted by Gasteiger charge is 2.35. The molecule has 10 heteroatoms. The number of amides is 2. The maximum Gasteiger partial charge on any atom is 0.264 e. The van der Waals surface area contributed by atoms with Gasteiger partial charge in [-0.25, -0.2) is 8.42 Å². The molecular weight excluding hydrogens is 610 g/mol. The maximum absolute atomic E-state index is 14.5. The van der Waals surface area contributed by atoms with E-state index < -0.39 is 28.5 Å². The van der Waals surface area contributed by atoms with Gasteiger partial charge in [-0.15, -0.1) is 0 Å². The zero-order chi connectivity index (χ0) is 32.4. The largest absolute Gasteiger partial charge is 0.492 e. The molecule has 45 heavy (non-hydrogen) atoms. The van der Waals surface area contributed by atoms with E-state index in [4.69, 9.17) is 16.3 Å². The van der Waals surface area contributed by atoms with Crippen LogP contribution in [0.1, 0.15) is 30.5 Å². The van der Waals surface area contributed by atoms with E-state index >= 15 is 0 Å². The molecule has 0 aliphatic carbocycles. The molecule has 0 aliphatic heterocycles. The minimum atomic E-state index is -4.25. The molecule has 1 N–H and O–H groups in total. The molecule has 236 valence electrons. The number of nitrogens with one attached hydrogen (secondary N) is 1. The van der Waals surface area contributed by atoms with Crippen LogP contribution < -0.4 is 14.4 Å². The number of para-hydroxylation sites is 2. The summed E-state index contributed by atoms with van der Waals surface area (Å²) in [6, 6.07) is 28.6. The van der Waals surface area contributed by atoms with Crippen LogP contribution in [0.3, 0.4) is 0 Å². The predicted molar refractivity (Wildman–Crippen MR) is 178 cm³/mol. The van der Waals surface area contributed by atoms with Crippen LogP contribution in [0.5, 0.6) is 5.75 Å². The van der Waals surface area contributed by atoms with Crippen molar-refractivity contribution < 1.29 is 22.7 Å². The van der Waals surface area contributed by atoms with Crippen molar-refractivity contribution in [3.63, 3.8) is 0 Å². The Morgan fingerprint density at radius 1 is 0.844 bits per heavy atom. The van der Waals surface area contributed by atoms with Crippen molar-refractivity contribution in [2.45, 2.75) is 44.7 Å². The second kappa shape index (κ2) is 15.6. The quantitative estimate of drug-likeness (QED) is 0.181. The topological polar surface area (TPSA) is 96.0 Å². The van der Waals surface area contributed by atoms with E-state index in [2.05, 4.69) is 5.32 Å². The minimum Gasteiger partial charge on any atom is -0.492 e. The number of rotatable bonds is 14. The Hall–Kier alpha value is -4.34. The zero-order valence-electron chi connectivity index (χ0n) is 25.6. The third-order valence-corrected chi connectivity index (χ3v) is 9.24. The number of benzene rings is 4. The van der Waals surface area contributed by atoms with Crippen molar-refractivity contribution in [3.05, 3.63) is 125 Å². The molecule has 0 radical (unpaired) electrons. The van der Waals surface area contributed by atoms with Gasteiger partial charge in [0.25, 0.3) is 10.0 Å². The SMILES string of the molecule is CCNC(=O)[C@@H](Cc1ccccc1)N(Cc1ccc(Cl)cc1)C(=O)CN(c1ccccc1OCC)S(=O)(=O)c1ccc(C)cc1. The summed E-state index contributed by atoms with van der Waals surface area (Å²) in [5.74, 6) is -0.581. The number of halogens is 1. The molecule has 0 fully saturated rings. The summed E-state index contributed by atoms with van der Waals surface area (Å²) in [4.78, 5) is 29.6. The highest BCUT2D eigenvalue weighted by Crippen LogP contribution is 2.33. The van der Waals surface area contributed by atoms with E-state index in [0.717, 1.165) is 21.0 Å². The third-order valence-electron chi connectivity index (χ3n) is 7.21. The first-order valence-electron chi connectivity index (χ1n) is 14.8. The van der Waals surface area contributed by atoms with Gasteiger partial charge in [0.1, 0.15) is 18.3 Å². The number of hydrogen-bond donors (Lipinski definition) is 1. The van der Waals surface area contributed by atoms with E-state index in [-0.39, 0.29) is 29.5 Å². The van der Waals surface area contributed by atoms with Crippen molar-refractivity contribution in [1.82, 2.24) is 10.2 Å². The van der Waals surface area contributed by atoms with E-state index in [1.54, 1.807) is 67.6 Å². The highest BCUT2D eigenvalue weighted by molar-refractivity contribution is 7.92. The minimum absolute atomic E-state index is 0.0287. The summed E-state index contributed by atoms with van der Waals surface area (Å²) in [5, 5.41) is 3.39. The number of carbonyl (C=O) groups is 2. The average molecular weight is 648 g/mol. The zero-order valence-corrected chi connectivity index (χ0v) is 27.2. The van der Waals surface area contributed by atoms with Gasteiger partial charge >= 0.3 is 0 Å². The van der Waals surface area contributed by atoms with Crippen LogP contribution in [0, 0.1) is 6.92 Å². The van der Waals surface area contributed by atoms with Crippen LogP contribution in [-0.2, 0) is 32.6 Å². The lowest BCUT2D eigenvalue weighted by Gasteiger charge is -2.34. The summed E-state index contributed by atoms with van der Waals surface area (Å²) in [7, 11) is -4.25. The van der Waals surface area contributed by atoms with Gasteiger partial charge in [-0.1, -0.05) is 83.9 Å². The van der Waals surface area contributed by atoms with Crippen molar-refractivity contribution in [1.29, 1.82) is 0 Å². The number of ether oxygens (including phenoxy) is 1. The Bertz CT molecular complexity index is 1680. The maximum atomic E-state index is 14.5. The number of likely N-dealkylation sites (N-methyl/N-ethyl adjacent to an activating group) is 1. The van der Waals surface area contributed by atoms with Crippen LogP contribution in [0.4, 0.5) is 5.69 Å². The molecule has 4 aromatic carbocycles. The second-order valence-corrected chi connectivity index (χ2v) is 12.8. The van der Waals surface area contributed by atoms with Crippen molar-refractivity contribution >= 4 is 39.1 Å². The van der Waals surface area contributed by atoms with E-state index in [1.807, 2.05) is 44.2 Å². The number of nitrogens with zero attached hydrogens (tertiary/aromatic N) is 2. The van der Waals surface area contributed by atoms with Gasteiger partial charge in [-0.05, 0) is 68.3 Å². The Labute approximate surface area is 270 Å². The molecular formula is C35H38ClN3O5S. The average Bonchev–Trinajstić information content (AvgIpc) is 3.03. The first-order chi connectivity index (χ1) is 21.6. The fourth-order valence-corrected chi connectivity index (χ4v) is 6.47. The highest BCUT2D eigenvalue weighted by atomic mass is 35.5. The molecule has 4 rings (SSSR count). The number of aryl methyl sites for hydroxylation is 1. The Kier molecular flexibility index (Phi) is 11.6. The number of carbonyl (C=O) groups excluding carboxylic acids is 2. The lowest BCUT2D eigenvalue weighted by molar-refractivity contribution is -0.140. The fraction of sp³-hybridized carbons (Fsp3) is 0.257. The van der Waals surface area contributed by atoms with E-state index in [0.29, 0.717) is 23.9 Å². The third kappa shape index (κ3) is 8.65. The number of hydrogen-bond acceptors (Lipinski definition) is 5. The van der Waals surface area contributed by atoms with Crippen LogP contribution in [0.15, 0.2) is 108 Å². The first kappa shape index (κ1) is 33.6. The normalized spacial score (nSPS) is 11.8. The molecule has 2 amide bonds. The molecule has 0 saturated heterocycles. The fourth-order valence-electron chi connectivity index (χ4n) is 4.92. The molecule has 0 spiro atoms. The van der Waals surface area contributed by atoms with Gasteiger partial charge in [-0.3, -0.25) is 13.9 Å². The van der Waals surface area contributed by atoms with E-state index in [1.165, 1.54) is 17.0 Å². The van der Waals surface area contributed by atoms with Crippen molar-refractivity contribution in [2.75, 3.05) is 24.0 Å². The Balaban J connectivity index is 1.82. The molecule has 0 bridgehead atoms. The molecule has 0 heterocycles. The molecule has 0 aromatic heterocycles. The molecule has 0 aliphatic rings. The van der Waals surface area contributed by atoms with Gasteiger partial charge in [-0.2, -0.15) is 0 Å². The van der Waals surface area contributed by atoms with Crippen molar-refractivity contribution in [2.24, 2.45) is 0 Å². The first-order valence-corrected chi connectivity index (χ1v) is 16.6. The monoisotopic (exact) mass is 647 g/mol. The molecule has 1 atom stereocenters. The molecule has 0 saturated carbocycles. The summed E-state index contributed by atoms with van der Waals surface area (Å²) < 4.78 is 35.4. The predicted octanol–water partition coefficient (Wildman–Crippen LogP) is 6.02. The summed E-state index contributed by atoms with van der Waals surface area (Å²) in [6.07, 6.45) is 0.228. The summed E-state index contributed by atoms with van der Waals surface area (Å²) in [6.45, 7) is 5.61. The smallest absolute Gasteiger partial charge is 0.264 e. The number of sulfonamides is 1. The lowest BCUT2D eigenvalue weighted by Crippen LogP contribution is -2.53. The Morgan fingerprint density at radius 3 is 2.13 bits per heavy atom. The van der Waals surface area contributed by atoms with Crippen LogP contribution in [0.25, 0.3) is 0 Å². The molecule has 8 nitrogen and oxygen atoms in total. The van der Waals surface area contributed by atoms with Crippen LogP contribution in [0.2, 0.25) is 5.02 Å². The Morgan fingerprint density at radius 2 is 1.49 bits per heavy atom. The molecule has 0 unspecified atom stereocenters. The van der Waals surface area contributed by atoms with Crippen LogP contribution >= 0.6 is 11.6 Å². The van der Waals surface area contributed by atoms with E-state index in [9.17, 15) is 18.0 Å². The summed E-state index contributed by atoms with van der Waals surface area (Å²) in [5.41, 5.74) is 2.70. The van der Waals surface area contributed by atoms with Gasteiger partial charge in [0.05, 0.1) is 17.2 Å². The van der Waals surface area contributed by atoms with Gasteiger partial charge in [0.15, 0.2) is 0 Å². The van der Waals surface area contributed by atoms with Crippen molar-refractivity contribution in [3.8, 4) is 5.75 Å². The van der Waals surface area contributed by atoms with Gasteiger partial charge < -0.3 is 15.0 Å². The van der Waals surface area contributed by atoms with Crippen LogP contribution in [-0.4, -0.2) is 50.9 Å². The lowest BCUT2D eigenvalue weighted by atomic mass is 10.0. The second-order valence-electron chi connectivity index (χ2n) is 10.5. The van der Waals surface area contributed by atoms with Gasteiger partial charge in [0.2, 0.25) is 11.8 Å². The standard InChI is InChI=1S/C35H38ClN3O5S/c1-4-37-35(41)32(23-27-11-7-6-8-12-27)38(24-28-17-19-29(36)20-18-28)34(40)25-39(31-13-9-10-14-33(31)44-5-2)45(42,43)30-21-15-26(3)16-22-30/h6-22,32H,4-5,23-25H2,1-3H3,(H,37,41)/t32-/m1/s1. The number of anilines is 1.